The van der Waals surface area contributed by atoms with E-state index in [1.807, 2.05) is 0 Å². The molecule has 2 aromatic carbocycles. The largest absolute Gasteiger partial charge is 0.496 e. The molecular weight excluding hydrogens is 747 g/mol. The summed E-state index contributed by atoms with van der Waals surface area (Å²) in [6.45, 7) is 6.40. The molecule has 0 N–H and O–H groups in total. The van der Waals surface area contributed by atoms with Crippen molar-refractivity contribution in [2.24, 2.45) is 11.8 Å². The topological polar surface area (TPSA) is 190 Å². The maximum absolute atomic E-state index is 13.3. The minimum Gasteiger partial charge on any atom is -0.496 e. The molecule has 2 aliphatic carbocycles. The fourth-order valence-corrected chi connectivity index (χ4v) is 7.13. The van der Waals surface area contributed by atoms with E-state index in [4.69, 9.17) is 71.6 Å². The number of halogens is 2. The van der Waals surface area contributed by atoms with Crippen LogP contribution < -0.4 is 28.4 Å². The van der Waals surface area contributed by atoms with Crippen LogP contribution in [0, 0.1) is 34.5 Å². The summed E-state index contributed by atoms with van der Waals surface area (Å²) in [6, 6.07) is 6.58. The Kier molecular flexibility index (Phi) is 14.0. The molecule has 2 aliphatic heterocycles. The molecular formula is C38H40Cl2N2O12. The molecule has 4 atom stereocenters. The van der Waals surface area contributed by atoms with E-state index in [2.05, 4.69) is 0 Å². The van der Waals surface area contributed by atoms with E-state index in [1.165, 1.54) is 80.8 Å². The van der Waals surface area contributed by atoms with Gasteiger partial charge in [0.1, 0.15) is 44.2 Å². The van der Waals surface area contributed by atoms with Crippen molar-refractivity contribution in [2.45, 2.75) is 51.7 Å². The first kappa shape index (κ1) is 43.0. The summed E-state index contributed by atoms with van der Waals surface area (Å²) in [5.74, 6) is 0.214. The van der Waals surface area contributed by atoms with E-state index < -0.39 is 23.0 Å². The van der Waals surface area contributed by atoms with E-state index in [1.54, 1.807) is 26.0 Å². The number of ketones is 4. The predicted octanol–water partition coefficient (Wildman–Crippen LogP) is 6.68. The molecule has 14 nitrogen and oxygen atoms in total. The fourth-order valence-electron chi connectivity index (χ4n) is 6.60. The van der Waals surface area contributed by atoms with Gasteiger partial charge in [0.25, 0.3) is 0 Å². The summed E-state index contributed by atoms with van der Waals surface area (Å²) in [5.41, 5.74) is -2.39. The molecule has 54 heavy (non-hydrogen) atoms. The Morgan fingerprint density at radius 3 is 1.17 bits per heavy atom. The van der Waals surface area contributed by atoms with Crippen molar-refractivity contribution in [1.82, 2.24) is 0 Å². The summed E-state index contributed by atoms with van der Waals surface area (Å²) in [5, 5.41) is 15.0. The number of nitrogens with zero attached hydrogens (tertiary/aromatic N) is 2. The first-order valence-corrected chi connectivity index (χ1v) is 17.0. The molecule has 4 aliphatic rings. The van der Waals surface area contributed by atoms with Crippen molar-refractivity contribution in [3.05, 3.63) is 57.0 Å². The van der Waals surface area contributed by atoms with Gasteiger partial charge in [-0.05, 0) is 0 Å². The molecule has 16 heteroatoms. The van der Waals surface area contributed by atoms with E-state index in [-0.39, 0.29) is 80.2 Å². The SMILES string of the molecule is CC#N.CC#N.COC1=CC(=O)C[C@@H](C)[C@]12Oc1c(Cl)c(OC)cc(OC)c1C2=O.COC1=CC(=O)C[C@@H](C)[C@]12Oc1c(Cl)c(OC)cc(OC)c1C2=O. The van der Waals surface area contributed by atoms with E-state index in [0.29, 0.717) is 23.0 Å². The maximum Gasteiger partial charge on any atom is 0.231 e. The number of benzene rings is 2. The van der Waals surface area contributed by atoms with Crippen LogP contribution in [0.5, 0.6) is 34.5 Å². The summed E-state index contributed by atoms with van der Waals surface area (Å²) >= 11 is 12.7. The maximum atomic E-state index is 13.3. The van der Waals surface area contributed by atoms with Crippen LogP contribution in [-0.4, -0.2) is 77.0 Å². The van der Waals surface area contributed by atoms with Gasteiger partial charge in [-0.2, -0.15) is 10.5 Å². The molecule has 0 unspecified atom stereocenters. The van der Waals surface area contributed by atoms with E-state index in [0.717, 1.165) is 0 Å². The smallest absolute Gasteiger partial charge is 0.231 e. The molecule has 2 spiro atoms. The number of carbonyl (C=O) groups is 4. The summed E-state index contributed by atoms with van der Waals surface area (Å²) in [6.07, 6.45) is 2.95. The molecule has 0 saturated heterocycles. The van der Waals surface area contributed by atoms with Crippen LogP contribution in [0.15, 0.2) is 35.8 Å². The number of hydrogen-bond donors (Lipinski definition) is 0. The molecule has 0 radical (unpaired) electrons. The predicted molar refractivity (Wildman–Crippen MR) is 195 cm³/mol. The van der Waals surface area contributed by atoms with Crippen molar-refractivity contribution >= 4 is 46.3 Å². The van der Waals surface area contributed by atoms with Crippen LogP contribution in [0.25, 0.3) is 0 Å². The monoisotopic (exact) mass is 786 g/mol. The van der Waals surface area contributed by atoms with Gasteiger partial charge in [0.05, 0.1) is 54.8 Å². The van der Waals surface area contributed by atoms with Crippen LogP contribution in [0.2, 0.25) is 10.0 Å². The highest BCUT2D eigenvalue weighted by atomic mass is 35.5. The molecule has 2 aromatic rings. The lowest BCUT2D eigenvalue weighted by atomic mass is 9.75. The number of fused-ring (bicyclic) bond motifs is 2. The average molecular weight is 788 g/mol. The highest BCUT2D eigenvalue weighted by Gasteiger charge is 2.61. The minimum atomic E-state index is -1.42. The van der Waals surface area contributed by atoms with Gasteiger partial charge in [-0.25, -0.2) is 0 Å². The first-order valence-electron chi connectivity index (χ1n) is 16.2. The minimum absolute atomic E-state index is 0.118. The summed E-state index contributed by atoms with van der Waals surface area (Å²) in [4.78, 5) is 50.2. The highest BCUT2D eigenvalue weighted by molar-refractivity contribution is 6.35. The Labute approximate surface area is 323 Å². The Hall–Kier alpha value is -5.44. The standard InChI is InChI=1S/2C17H17ClO6.2C2H3N/c2*1-8-5-9(19)6-12(23-4)17(8)16(20)13-10(21-2)7-11(22-3)14(18)15(13)24-17;2*1-2-3/h2*6-8H,5H2,1-4H3;2*1H3/t2*8-,17+;;/m11../s1. The van der Waals surface area contributed by atoms with Crippen molar-refractivity contribution in [3.8, 4) is 46.6 Å². The van der Waals surface area contributed by atoms with Gasteiger partial charge in [0, 0.05) is 62.8 Å². The summed E-state index contributed by atoms with van der Waals surface area (Å²) in [7, 11) is 8.62. The number of methoxy groups -OCH3 is 6. The molecule has 0 bridgehead atoms. The second-order valence-corrected chi connectivity index (χ2v) is 12.7. The molecule has 288 valence electrons. The van der Waals surface area contributed by atoms with Gasteiger partial charge in [-0.1, -0.05) is 37.0 Å². The normalized spacial score (nSPS) is 22.7. The fraction of sp³-hybridized carbons (Fsp3) is 0.421. The number of allylic oxidation sites excluding steroid dienone is 2. The van der Waals surface area contributed by atoms with Crippen LogP contribution in [0.3, 0.4) is 0 Å². The molecule has 2 heterocycles. The van der Waals surface area contributed by atoms with Crippen LogP contribution in [-0.2, 0) is 19.1 Å². The van der Waals surface area contributed by atoms with E-state index >= 15 is 0 Å². The lowest BCUT2D eigenvalue weighted by molar-refractivity contribution is -0.119. The average Bonchev–Trinajstić information content (AvgIpc) is 3.63. The van der Waals surface area contributed by atoms with Gasteiger partial charge in [0.15, 0.2) is 34.6 Å². The van der Waals surface area contributed by atoms with Crippen molar-refractivity contribution < 1.29 is 57.1 Å². The Bertz CT molecular complexity index is 1850. The van der Waals surface area contributed by atoms with Crippen LogP contribution in [0.4, 0.5) is 0 Å². The summed E-state index contributed by atoms with van der Waals surface area (Å²) < 4.78 is 43.8. The number of Topliss-reactive ketones (excluding diaryl/α,β-unsaturated/α-hetero) is 2. The molecule has 0 amide bonds. The third-order valence-electron chi connectivity index (χ3n) is 9.00. The number of rotatable bonds is 6. The van der Waals surface area contributed by atoms with Crippen LogP contribution in [0.1, 0.15) is 61.3 Å². The molecule has 6 rings (SSSR count). The zero-order chi connectivity index (χ0) is 40.7. The number of hydrogen-bond acceptors (Lipinski definition) is 14. The number of nitriles is 2. The lowest BCUT2D eigenvalue weighted by Crippen LogP contribution is -2.51. The van der Waals surface area contributed by atoms with Crippen molar-refractivity contribution in [3.63, 3.8) is 0 Å². The van der Waals surface area contributed by atoms with Gasteiger partial charge >= 0.3 is 0 Å². The molecule has 0 aromatic heterocycles. The second kappa shape index (κ2) is 17.6. The third kappa shape index (κ3) is 7.11. The zero-order valence-electron chi connectivity index (χ0n) is 31.4. The number of ether oxygens (including phenoxy) is 8. The lowest BCUT2D eigenvalue weighted by Gasteiger charge is -2.36. The quantitative estimate of drug-likeness (QED) is 0.301. The van der Waals surface area contributed by atoms with Gasteiger partial charge in [-0.3, -0.25) is 19.2 Å². The second-order valence-electron chi connectivity index (χ2n) is 11.9. The van der Waals surface area contributed by atoms with Crippen LogP contribution >= 0.6 is 23.2 Å². The number of carbonyl (C=O) groups excluding carboxylic acids is 4. The zero-order valence-corrected chi connectivity index (χ0v) is 32.9. The van der Waals surface area contributed by atoms with Crippen molar-refractivity contribution in [2.75, 3.05) is 42.7 Å². The Balaban J connectivity index is 0.000000254. The van der Waals surface area contributed by atoms with E-state index in [9.17, 15) is 19.2 Å². The third-order valence-corrected chi connectivity index (χ3v) is 9.71. The first-order chi connectivity index (χ1) is 25.6. The van der Waals surface area contributed by atoms with Gasteiger partial charge in [0.2, 0.25) is 22.8 Å². The Morgan fingerprint density at radius 2 is 0.907 bits per heavy atom. The Morgan fingerprint density at radius 1 is 0.611 bits per heavy atom. The molecule has 0 saturated carbocycles. The van der Waals surface area contributed by atoms with Gasteiger partial charge < -0.3 is 37.9 Å². The van der Waals surface area contributed by atoms with Crippen molar-refractivity contribution in [1.29, 1.82) is 10.5 Å². The molecule has 0 fully saturated rings. The van der Waals surface area contributed by atoms with Gasteiger partial charge in [-0.15, -0.1) is 0 Å². The highest BCUT2D eigenvalue weighted by Crippen LogP contribution is 2.56.